The standard InChI is InChI=1S/C14H18N2O2S/c1-17-7-6-15-9-12-10-19-14(16-12)11-4-3-5-13(8-11)18-2/h3-5,8,10,15H,6-7,9H2,1-2H3. The quantitative estimate of drug-likeness (QED) is 0.791. The Labute approximate surface area is 117 Å². The Morgan fingerprint density at radius 3 is 3.00 bits per heavy atom. The lowest BCUT2D eigenvalue weighted by Gasteiger charge is -2.02. The minimum absolute atomic E-state index is 0.715. The number of rotatable bonds is 7. The summed E-state index contributed by atoms with van der Waals surface area (Å²) in [5.74, 6) is 0.854. The van der Waals surface area contributed by atoms with Crippen LogP contribution in [0.1, 0.15) is 5.69 Å². The zero-order valence-electron chi connectivity index (χ0n) is 11.2. The van der Waals surface area contributed by atoms with Crippen molar-refractivity contribution in [2.24, 2.45) is 0 Å². The normalized spacial score (nSPS) is 10.6. The van der Waals surface area contributed by atoms with Gasteiger partial charge in [0.25, 0.3) is 0 Å². The van der Waals surface area contributed by atoms with Crippen molar-refractivity contribution in [2.75, 3.05) is 27.4 Å². The summed E-state index contributed by atoms with van der Waals surface area (Å²) < 4.78 is 10.2. The number of nitrogens with one attached hydrogen (secondary N) is 1. The van der Waals surface area contributed by atoms with Crippen molar-refractivity contribution in [2.45, 2.75) is 6.54 Å². The predicted octanol–water partition coefficient (Wildman–Crippen LogP) is 2.55. The maximum Gasteiger partial charge on any atom is 0.123 e. The molecule has 1 aromatic heterocycles. The summed E-state index contributed by atoms with van der Waals surface area (Å²) in [6, 6.07) is 7.96. The SMILES string of the molecule is COCCNCc1csc(-c2cccc(OC)c2)n1. The van der Waals surface area contributed by atoms with Gasteiger partial charge in [0.05, 0.1) is 19.4 Å². The molecule has 5 heteroatoms. The van der Waals surface area contributed by atoms with Gasteiger partial charge in [-0.2, -0.15) is 0 Å². The molecule has 2 aromatic rings. The van der Waals surface area contributed by atoms with E-state index in [0.29, 0.717) is 6.61 Å². The van der Waals surface area contributed by atoms with Gasteiger partial charge in [-0.3, -0.25) is 0 Å². The Hall–Kier alpha value is -1.43. The van der Waals surface area contributed by atoms with Crippen LogP contribution in [-0.2, 0) is 11.3 Å². The molecule has 102 valence electrons. The second-order valence-corrected chi connectivity index (χ2v) is 4.90. The highest BCUT2D eigenvalue weighted by Crippen LogP contribution is 2.26. The van der Waals surface area contributed by atoms with Crippen LogP contribution in [0.5, 0.6) is 5.75 Å². The molecule has 0 aliphatic rings. The van der Waals surface area contributed by atoms with Gasteiger partial charge in [-0.1, -0.05) is 12.1 Å². The van der Waals surface area contributed by atoms with Crippen LogP contribution >= 0.6 is 11.3 Å². The van der Waals surface area contributed by atoms with Crippen LogP contribution in [0.4, 0.5) is 0 Å². The maximum absolute atomic E-state index is 5.23. The first-order chi connectivity index (χ1) is 9.33. The van der Waals surface area contributed by atoms with Crippen LogP contribution < -0.4 is 10.1 Å². The number of thiazole rings is 1. The van der Waals surface area contributed by atoms with Gasteiger partial charge >= 0.3 is 0 Å². The van der Waals surface area contributed by atoms with Gasteiger partial charge in [-0.25, -0.2) is 4.98 Å². The summed E-state index contributed by atoms with van der Waals surface area (Å²) in [4.78, 5) is 4.61. The third-order valence-corrected chi connectivity index (χ3v) is 3.60. The van der Waals surface area contributed by atoms with Crippen LogP contribution in [0.3, 0.4) is 0 Å². The first kappa shape index (κ1) is 14.0. The summed E-state index contributed by atoms with van der Waals surface area (Å²) in [5, 5.41) is 6.38. The molecule has 1 N–H and O–H groups in total. The largest absolute Gasteiger partial charge is 0.497 e. The third-order valence-electron chi connectivity index (χ3n) is 2.66. The Balaban J connectivity index is 1.99. The van der Waals surface area contributed by atoms with Crippen LogP contribution in [0.2, 0.25) is 0 Å². The van der Waals surface area contributed by atoms with Crippen LogP contribution in [0.25, 0.3) is 10.6 Å². The fourth-order valence-electron chi connectivity index (χ4n) is 1.67. The molecule has 0 bridgehead atoms. The summed E-state index contributed by atoms with van der Waals surface area (Å²) in [7, 11) is 3.37. The van der Waals surface area contributed by atoms with Crippen LogP contribution in [-0.4, -0.2) is 32.4 Å². The van der Waals surface area contributed by atoms with Crippen molar-refractivity contribution in [1.82, 2.24) is 10.3 Å². The second kappa shape index (κ2) is 7.23. The first-order valence-corrected chi connectivity index (χ1v) is 7.00. The summed E-state index contributed by atoms with van der Waals surface area (Å²) >= 11 is 1.65. The average molecular weight is 278 g/mol. The van der Waals surface area contributed by atoms with E-state index in [1.165, 1.54) is 0 Å². The Morgan fingerprint density at radius 1 is 1.32 bits per heavy atom. The van der Waals surface area contributed by atoms with Gasteiger partial charge in [-0.15, -0.1) is 11.3 Å². The number of ether oxygens (including phenoxy) is 2. The maximum atomic E-state index is 5.23. The highest BCUT2D eigenvalue weighted by atomic mass is 32.1. The molecular formula is C14H18N2O2S. The molecule has 0 aliphatic heterocycles. The van der Waals surface area contributed by atoms with E-state index in [2.05, 4.69) is 15.7 Å². The molecule has 0 aliphatic carbocycles. The first-order valence-electron chi connectivity index (χ1n) is 6.12. The number of methoxy groups -OCH3 is 2. The van der Waals surface area contributed by atoms with Crippen molar-refractivity contribution in [3.8, 4) is 16.3 Å². The number of aromatic nitrogens is 1. The van der Waals surface area contributed by atoms with Gasteiger partial charge in [0, 0.05) is 31.1 Å². The molecular weight excluding hydrogens is 260 g/mol. The summed E-state index contributed by atoms with van der Waals surface area (Å²) in [6.07, 6.45) is 0. The fraction of sp³-hybridized carbons (Fsp3) is 0.357. The van der Waals surface area contributed by atoms with Gasteiger partial charge in [0.2, 0.25) is 0 Å². The molecule has 0 amide bonds. The molecule has 2 rings (SSSR count). The molecule has 0 spiro atoms. The van der Waals surface area contributed by atoms with Gasteiger partial charge < -0.3 is 14.8 Å². The number of benzene rings is 1. The van der Waals surface area contributed by atoms with Gasteiger partial charge in [0.15, 0.2) is 0 Å². The molecule has 0 saturated carbocycles. The van der Waals surface area contributed by atoms with Crippen LogP contribution in [0.15, 0.2) is 29.6 Å². The van der Waals surface area contributed by atoms with E-state index in [1.54, 1.807) is 25.6 Å². The molecule has 4 nitrogen and oxygen atoms in total. The summed E-state index contributed by atoms with van der Waals surface area (Å²) in [5.41, 5.74) is 2.14. The molecule has 1 aromatic carbocycles. The van der Waals surface area contributed by atoms with E-state index in [1.807, 2.05) is 24.3 Å². The lowest BCUT2D eigenvalue weighted by atomic mass is 10.2. The Bertz CT molecular complexity index is 514. The smallest absolute Gasteiger partial charge is 0.123 e. The third kappa shape index (κ3) is 4.02. The predicted molar refractivity (Wildman–Crippen MR) is 77.7 cm³/mol. The van der Waals surface area contributed by atoms with E-state index < -0.39 is 0 Å². The van der Waals surface area contributed by atoms with E-state index in [9.17, 15) is 0 Å². The second-order valence-electron chi connectivity index (χ2n) is 4.05. The zero-order chi connectivity index (χ0) is 13.5. The Kier molecular flexibility index (Phi) is 5.32. The van der Waals surface area contributed by atoms with E-state index in [-0.39, 0.29) is 0 Å². The molecule has 0 saturated heterocycles. The molecule has 0 radical (unpaired) electrons. The zero-order valence-corrected chi connectivity index (χ0v) is 12.0. The highest BCUT2D eigenvalue weighted by molar-refractivity contribution is 7.13. The van der Waals surface area contributed by atoms with Crippen LogP contribution in [0, 0.1) is 0 Å². The highest BCUT2D eigenvalue weighted by Gasteiger charge is 2.05. The number of hydrogen-bond donors (Lipinski definition) is 1. The topological polar surface area (TPSA) is 43.4 Å². The average Bonchev–Trinajstić information content (AvgIpc) is 2.92. The minimum Gasteiger partial charge on any atom is -0.497 e. The summed E-state index contributed by atoms with van der Waals surface area (Å²) in [6.45, 7) is 2.32. The minimum atomic E-state index is 0.715. The fourth-order valence-corrected chi connectivity index (χ4v) is 2.48. The molecule has 19 heavy (non-hydrogen) atoms. The van der Waals surface area contributed by atoms with E-state index in [0.717, 1.165) is 35.1 Å². The van der Waals surface area contributed by atoms with Gasteiger partial charge in [0.1, 0.15) is 10.8 Å². The number of hydrogen-bond acceptors (Lipinski definition) is 5. The van der Waals surface area contributed by atoms with Crippen molar-refractivity contribution >= 4 is 11.3 Å². The molecule has 0 atom stereocenters. The van der Waals surface area contributed by atoms with Crippen molar-refractivity contribution in [1.29, 1.82) is 0 Å². The van der Waals surface area contributed by atoms with Gasteiger partial charge in [-0.05, 0) is 12.1 Å². The lowest BCUT2D eigenvalue weighted by molar-refractivity contribution is 0.199. The molecule has 0 unspecified atom stereocenters. The van der Waals surface area contributed by atoms with E-state index >= 15 is 0 Å². The van der Waals surface area contributed by atoms with Crippen molar-refractivity contribution in [3.05, 3.63) is 35.3 Å². The number of nitrogens with zero attached hydrogens (tertiary/aromatic N) is 1. The Morgan fingerprint density at radius 2 is 2.21 bits per heavy atom. The van der Waals surface area contributed by atoms with E-state index in [4.69, 9.17) is 9.47 Å². The monoisotopic (exact) mass is 278 g/mol. The lowest BCUT2D eigenvalue weighted by Crippen LogP contribution is -2.18. The molecule has 1 heterocycles. The molecule has 0 fully saturated rings. The van der Waals surface area contributed by atoms with Crippen molar-refractivity contribution < 1.29 is 9.47 Å². The van der Waals surface area contributed by atoms with Crippen molar-refractivity contribution in [3.63, 3.8) is 0 Å².